The highest BCUT2D eigenvalue weighted by atomic mass is 16.5. The Balaban J connectivity index is 1.78. The van der Waals surface area contributed by atoms with Crippen LogP contribution in [0.1, 0.15) is 46.0 Å². The summed E-state index contributed by atoms with van der Waals surface area (Å²) in [6.45, 7) is 7.00. The Morgan fingerprint density at radius 3 is 2.42 bits per heavy atom. The number of carbonyl (C=O) groups is 2. The molecule has 0 atom stereocenters. The minimum atomic E-state index is -0.838. The fourth-order valence-corrected chi connectivity index (χ4v) is 3.37. The highest BCUT2D eigenvalue weighted by molar-refractivity contribution is 6.02. The number of aromatic nitrogens is 5. The molecule has 0 saturated heterocycles. The molecular formula is C22H26N6O5. The van der Waals surface area contributed by atoms with Crippen molar-refractivity contribution >= 4 is 17.6 Å². The second-order valence-corrected chi connectivity index (χ2v) is 8.15. The summed E-state index contributed by atoms with van der Waals surface area (Å²) in [7, 11) is 1.26. The van der Waals surface area contributed by atoms with Gasteiger partial charge in [0.25, 0.3) is 5.56 Å². The molecule has 0 aliphatic rings. The summed E-state index contributed by atoms with van der Waals surface area (Å²) in [6.07, 6.45) is 1.31. The van der Waals surface area contributed by atoms with E-state index in [-0.39, 0.29) is 29.4 Å². The minimum absolute atomic E-state index is 0.0493. The first-order valence-electron chi connectivity index (χ1n) is 10.3. The Morgan fingerprint density at radius 2 is 1.88 bits per heavy atom. The summed E-state index contributed by atoms with van der Waals surface area (Å²) >= 11 is 0. The number of aryl methyl sites for hydroxylation is 2. The van der Waals surface area contributed by atoms with Gasteiger partial charge in [-0.1, -0.05) is 13.8 Å². The zero-order valence-corrected chi connectivity index (χ0v) is 19.2. The molecule has 11 heteroatoms. The van der Waals surface area contributed by atoms with Crippen LogP contribution in [0.25, 0.3) is 5.82 Å². The van der Waals surface area contributed by atoms with Crippen LogP contribution in [0, 0.1) is 19.8 Å². The molecule has 11 nitrogen and oxygen atoms in total. The second-order valence-electron chi connectivity index (χ2n) is 8.15. The standard InChI is InChI=1S/C22H26N6O5/c1-12(2)10-27-19(23)18(20(30)26(5)22(27)32)16(29)11-33-21(31)15-6-7-17(24-9-15)28-14(4)8-13(3)25-28/h6-9,12H,10-11,23H2,1-5H3. The lowest BCUT2D eigenvalue weighted by Crippen LogP contribution is -2.43. The van der Waals surface area contributed by atoms with Crippen LogP contribution in [0.2, 0.25) is 0 Å². The number of esters is 1. The molecule has 0 saturated carbocycles. The third-order valence-corrected chi connectivity index (χ3v) is 4.95. The third kappa shape index (κ3) is 4.76. The molecule has 33 heavy (non-hydrogen) atoms. The van der Waals surface area contributed by atoms with Crippen LogP contribution in [0.5, 0.6) is 0 Å². The molecule has 0 aliphatic carbocycles. The van der Waals surface area contributed by atoms with E-state index in [1.807, 2.05) is 33.8 Å². The predicted molar refractivity (Wildman–Crippen MR) is 121 cm³/mol. The van der Waals surface area contributed by atoms with Crippen molar-refractivity contribution in [2.75, 3.05) is 12.3 Å². The van der Waals surface area contributed by atoms with E-state index in [0.717, 1.165) is 16.0 Å². The van der Waals surface area contributed by atoms with E-state index in [2.05, 4.69) is 10.1 Å². The van der Waals surface area contributed by atoms with E-state index in [9.17, 15) is 19.2 Å². The summed E-state index contributed by atoms with van der Waals surface area (Å²) in [5.74, 6) is -1.26. The minimum Gasteiger partial charge on any atom is -0.454 e. The molecule has 2 N–H and O–H groups in total. The van der Waals surface area contributed by atoms with Crippen LogP contribution < -0.4 is 17.0 Å². The van der Waals surface area contributed by atoms with Crippen molar-refractivity contribution in [3.05, 3.63) is 67.7 Å². The van der Waals surface area contributed by atoms with E-state index in [0.29, 0.717) is 5.82 Å². The average molecular weight is 454 g/mol. The lowest BCUT2D eigenvalue weighted by atomic mass is 10.1. The maximum absolute atomic E-state index is 12.7. The van der Waals surface area contributed by atoms with Gasteiger partial charge in [-0.25, -0.2) is 19.3 Å². The smallest absolute Gasteiger partial charge is 0.340 e. The molecule has 3 aromatic rings. The Morgan fingerprint density at radius 1 is 1.18 bits per heavy atom. The number of hydrogen-bond acceptors (Lipinski definition) is 8. The number of carbonyl (C=O) groups excluding carboxylic acids is 2. The monoisotopic (exact) mass is 454 g/mol. The van der Waals surface area contributed by atoms with Gasteiger partial charge in [0.2, 0.25) is 5.78 Å². The SMILES string of the molecule is Cc1cc(C)n(-c2ccc(C(=O)OCC(=O)c3c(N)n(CC(C)C)c(=O)n(C)c3=O)cn2)n1. The molecule has 0 amide bonds. The molecule has 0 spiro atoms. The van der Waals surface area contributed by atoms with Crippen LogP contribution >= 0.6 is 0 Å². The number of nitrogens with zero attached hydrogens (tertiary/aromatic N) is 5. The molecule has 3 heterocycles. The average Bonchev–Trinajstić information content (AvgIpc) is 3.11. The number of nitrogen functional groups attached to an aromatic ring is 1. The van der Waals surface area contributed by atoms with Gasteiger partial charge in [-0.05, 0) is 38.0 Å². The summed E-state index contributed by atoms with van der Waals surface area (Å²) in [4.78, 5) is 54.2. The van der Waals surface area contributed by atoms with E-state index in [1.54, 1.807) is 10.7 Å². The number of Topliss-reactive ketones (excluding diaryl/α,β-unsaturated/α-hetero) is 1. The van der Waals surface area contributed by atoms with Crippen molar-refractivity contribution in [1.29, 1.82) is 0 Å². The normalized spacial score (nSPS) is 11.1. The first-order chi connectivity index (χ1) is 15.5. The van der Waals surface area contributed by atoms with Gasteiger partial charge < -0.3 is 10.5 Å². The van der Waals surface area contributed by atoms with Crippen molar-refractivity contribution in [2.45, 2.75) is 34.2 Å². The molecule has 0 aromatic carbocycles. The maximum atomic E-state index is 12.7. The predicted octanol–water partition coefficient (Wildman–Crippen LogP) is 1.02. The van der Waals surface area contributed by atoms with Crippen molar-refractivity contribution in [3.8, 4) is 5.82 Å². The summed E-state index contributed by atoms with van der Waals surface area (Å²) < 4.78 is 8.70. The Hall–Kier alpha value is -4.02. The van der Waals surface area contributed by atoms with Gasteiger partial charge in [0.05, 0.1) is 11.3 Å². The van der Waals surface area contributed by atoms with E-state index in [4.69, 9.17) is 10.5 Å². The zero-order chi connectivity index (χ0) is 24.4. The Kier molecular flexibility index (Phi) is 6.61. The Bertz CT molecular complexity index is 1330. The van der Waals surface area contributed by atoms with Crippen molar-refractivity contribution in [1.82, 2.24) is 23.9 Å². The topological polar surface area (TPSA) is 144 Å². The number of ether oxygens (including phenoxy) is 1. The van der Waals surface area contributed by atoms with E-state index < -0.39 is 29.6 Å². The molecule has 3 aromatic heterocycles. The number of ketones is 1. The maximum Gasteiger partial charge on any atom is 0.340 e. The number of rotatable bonds is 7. The number of pyridine rings is 1. The second kappa shape index (κ2) is 9.23. The molecule has 0 aliphatic heterocycles. The lowest BCUT2D eigenvalue weighted by Gasteiger charge is -2.16. The van der Waals surface area contributed by atoms with Crippen LogP contribution in [-0.2, 0) is 18.3 Å². The van der Waals surface area contributed by atoms with Gasteiger partial charge in [-0.15, -0.1) is 0 Å². The Labute approximate surface area is 189 Å². The van der Waals surface area contributed by atoms with Crippen molar-refractivity contribution in [3.63, 3.8) is 0 Å². The molecule has 174 valence electrons. The number of anilines is 1. The molecular weight excluding hydrogens is 428 g/mol. The summed E-state index contributed by atoms with van der Waals surface area (Å²) in [5, 5.41) is 4.33. The number of hydrogen-bond donors (Lipinski definition) is 1. The number of nitrogens with two attached hydrogens (primary N) is 1. The third-order valence-electron chi connectivity index (χ3n) is 4.95. The van der Waals surface area contributed by atoms with Gasteiger partial charge in [0.15, 0.2) is 12.4 Å². The molecule has 0 bridgehead atoms. The van der Waals surface area contributed by atoms with E-state index >= 15 is 0 Å². The van der Waals surface area contributed by atoms with Crippen molar-refractivity contribution in [2.24, 2.45) is 13.0 Å². The molecule has 0 unspecified atom stereocenters. The first-order valence-corrected chi connectivity index (χ1v) is 10.3. The molecule has 0 fully saturated rings. The van der Waals surface area contributed by atoms with Crippen molar-refractivity contribution < 1.29 is 14.3 Å². The quantitative estimate of drug-likeness (QED) is 0.412. The largest absolute Gasteiger partial charge is 0.454 e. The first kappa shape index (κ1) is 23.6. The van der Waals surface area contributed by atoms with Gasteiger partial charge in [0, 0.05) is 25.5 Å². The fourth-order valence-electron chi connectivity index (χ4n) is 3.37. The van der Waals surface area contributed by atoms with Crippen LogP contribution in [0.4, 0.5) is 5.82 Å². The highest BCUT2D eigenvalue weighted by Crippen LogP contribution is 2.12. The zero-order valence-electron chi connectivity index (χ0n) is 19.2. The molecule has 0 radical (unpaired) electrons. The summed E-state index contributed by atoms with van der Waals surface area (Å²) in [6, 6.07) is 5.00. The highest BCUT2D eigenvalue weighted by Gasteiger charge is 2.23. The summed E-state index contributed by atoms with van der Waals surface area (Å²) in [5.41, 5.74) is 5.98. The fraction of sp³-hybridized carbons (Fsp3) is 0.364. The van der Waals surface area contributed by atoms with Gasteiger partial charge >= 0.3 is 11.7 Å². The molecule has 3 rings (SSSR count). The van der Waals surface area contributed by atoms with Crippen LogP contribution in [-0.4, -0.2) is 42.3 Å². The van der Waals surface area contributed by atoms with Gasteiger partial charge in [-0.2, -0.15) is 5.10 Å². The van der Waals surface area contributed by atoms with E-state index in [1.165, 1.54) is 23.9 Å². The van der Waals surface area contributed by atoms with Gasteiger partial charge in [-0.3, -0.25) is 18.7 Å². The van der Waals surface area contributed by atoms with Crippen LogP contribution in [0.15, 0.2) is 34.0 Å². The lowest BCUT2D eigenvalue weighted by molar-refractivity contribution is 0.0473. The van der Waals surface area contributed by atoms with Gasteiger partial charge in [0.1, 0.15) is 11.4 Å². The van der Waals surface area contributed by atoms with Crippen LogP contribution in [0.3, 0.4) is 0 Å².